The molecule has 132 valence electrons. The highest BCUT2D eigenvalue weighted by atomic mass is 32.1. The van der Waals surface area contributed by atoms with Crippen LogP contribution in [0.3, 0.4) is 0 Å². The van der Waals surface area contributed by atoms with Crippen LogP contribution in [0.5, 0.6) is 0 Å². The number of aryl methyl sites for hydroxylation is 1. The van der Waals surface area contributed by atoms with Crippen LogP contribution in [0.4, 0.5) is 10.8 Å². The fraction of sp³-hybridized carbons (Fsp3) is 0.389. The van der Waals surface area contributed by atoms with E-state index in [-0.39, 0.29) is 17.9 Å². The monoisotopic (exact) mass is 358 g/mol. The van der Waals surface area contributed by atoms with E-state index in [4.69, 9.17) is 0 Å². The van der Waals surface area contributed by atoms with Crippen molar-refractivity contribution in [3.63, 3.8) is 0 Å². The molecule has 0 saturated heterocycles. The molecule has 0 spiro atoms. The number of carbonyl (C=O) groups is 2. The quantitative estimate of drug-likeness (QED) is 0.861. The van der Waals surface area contributed by atoms with Gasteiger partial charge in [-0.15, -0.1) is 0 Å². The van der Waals surface area contributed by atoms with Gasteiger partial charge in [0.2, 0.25) is 0 Å². The molecular weight excluding hydrogens is 336 g/mol. The fourth-order valence-electron chi connectivity index (χ4n) is 2.78. The SMILES string of the molecule is CCNC(=O)c1ccc(C)c(N2Cc3nc(NC(C)C)sc3C2=O)c1. The van der Waals surface area contributed by atoms with Gasteiger partial charge in [-0.25, -0.2) is 4.98 Å². The summed E-state index contributed by atoms with van der Waals surface area (Å²) in [4.78, 5) is 31.8. The lowest BCUT2D eigenvalue weighted by molar-refractivity contribution is 0.0953. The summed E-state index contributed by atoms with van der Waals surface area (Å²) in [5.41, 5.74) is 3.07. The number of nitrogens with zero attached hydrogens (tertiary/aromatic N) is 2. The summed E-state index contributed by atoms with van der Waals surface area (Å²) in [7, 11) is 0. The molecule has 0 fully saturated rings. The van der Waals surface area contributed by atoms with Gasteiger partial charge in [-0.05, 0) is 45.4 Å². The highest BCUT2D eigenvalue weighted by Crippen LogP contribution is 2.35. The molecule has 0 bridgehead atoms. The summed E-state index contributed by atoms with van der Waals surface area (Å²) in [6.07, 6.45) is 0. The summed E-state index contributed by atoms with van der Waals surface area (Å²) in [5.74, 6) is -0.188. The van der Waals surface area contributed by atoms with Gasteiger partial charge < -0.3 is 15.5 Å². The highest BCUT2D eigenvalue weighted by molar-refractivity contribution is 7.17. The summed E-state index contributed by atoms with van der Waals surface area (Å²) >= 11 is 1.39. The molecule has 2 heterocycles. The molecule has 1 aliphatic heterocycles. The van der Waals surface area contributed by atoms with Gasteiger partial charge >= 0.3 is 0 Å². The fourth-order valence-corrected chi connectivity index (χ4v) is 3.85. The van der Waals surface area contributed by atoms with Gasteiger partial charge in [0.05, 0.1) is 12.2 Å². The summed E-state index contributed by atoms with van der Waals surface area (Å²) in [6, 6.07) is 5.71. The first-order valence-corrected chi connectivity index (χ1v) is 9.19. The van der Waals surface area contributed by atoms with Gasteiger partial charge in [-0.2, -0.15) is 0 Å². The van der Waals surface area contributed by atoms with Crippen molar-refractivity contribution in [3.8, 4) is 0 Å². The van der Waals surface area contributed by atoms with Crippen molar-refractivity contribution < 1.29 is 9.59 Å². The van der Waals surface area contributed by atoms with Crippen LogP contribution in [0, 0.1) is 6.92 Å². The van der Waals surface area contributed by atoms with Crippen LogP contribution >= 0.6 is 11.3 Å². The predicted molar refractivity (Wildman–Crippen MR) is 101 cm³/mol. The molecule has 1 aromatic heterocycles. The second-order valence-corrected chi connectivity index (χ2v) is 7.34. The lowest BCUT2D eigenvalue weighted by atomic mass is 10.1. The number of rotatable bonds is 5. The number of hydrogen-bond donors (Lipinski definition) is 2. The zero-order valence-electron chi connectivity index (χ0n) is 14.8. The van der Waals surface area contributed by atoms with Crippen LogP contribution in [-0.2, 0) is 6.54 Å². The minimum Gasteiger partial charge on any atom is -0.359 e. The molecule has 2 amide bonds. The van der Waals surface area contributed by atoms with Crippen LogP contribution in [0.25, 0.3) is 0 Å². The number of hydrogen-bond acceptors (Lipinski definition) is 5. The van der Waals surface area contributed by atoms with E-state index in [1.54, 1.807) is 17.0 Å². The van der Waals surface area contributed by atoms with Crippen LogP contribution in [0.2, 0.25) is 0 Å². The van der Waals surface area contributed by atoms with E-state index in [2.05, 4.69) is 15.6 Å². The molecule has 2 N–H and O–H groups in total. The molecular formula is C18H22N4O2S. The Morgan fingerprint density at radius 2 is 2.16 bits per heavy atom. The summed E-state index contributed by atoms with van der Waals surface area (Å²) in [5, 5.41) is 6.81. The average molecular weight is 358 g/mol. The van der Waals surface area contributed by atoms with Crippen molar-refractivity contribution in [2.75, 3.05) is 16.8 Å². The van der Waals surface area contributed by atoms with Crippen LogP contribution in [0.1, 0.15) is 52.1 Å². The van der Waals surface area contributed by atoms with E-state index in [0.29, 0.717) is 23.5 Å². The normalized spacial score (nSPS) is 13.3. The number of amides is 2. The summed E-state index contributed by atoms with van der Waals surface area (Å²) < 4.78 is 0. The molecule has 25 heavy (non-hydrogen) atoms. The molecule has 7 heteroatoms. The number of carbonyl (C=O) groups excluding carboxylic acids is 2. The molecule has 0 unspecified atom stereocenters. The first-order chi connectivity index (χ1) is 11.9. The largest absolute Gasteiger partial charge is 0.359 e. The Bertz CT molecular complexity index is 828. The maximum Gasteiger partial charge on any atom is 0.270 e. The second kappa shape index (κ2) is 6.84. The molecule has 2 aromatic rings. The Balaban J connectivity index is 1.88. The van der Waals surface area contributed by atoms with E-state index in [1.165, 1.54) is 11.3 Å². The van der Waals surface area contributed by atoms with E-state index < -0.39 is 0 Å². The zero-order valence-corrected chi connectivity index (χ0v) is 15.7. The third-order valence-electron chi connectivity index (χ3n) is 3.96. The first kappa shape index (κ1) is 17.4. The van der Waals surface area contributed by atoms with Crippen molar-refractivity contribution in [1.82, 2.24) is 10.3 Å². The van der Waals surface area contributed by atoms with E-state index in [1.807, 2.05) is 33.8 Å². The van der Waals surface area contributed by atoms with Crippen LogP contribution in [0.15, 0.2) is 18.2 Å². The smallest absolute Gasteiger partial charge is 0.270 e. The molecule has 6 nitrogen and oxygen atoms in total. The maximum atomic E-state index is 12.8. The number of nitrogens with one attached hydrogen (secondary N) is 2. The number of anilines is 2. The molecule has 0 atom stereocenters. The van der Waals surface area contributed by atoms with E-state index in [9.17, 15) is 9.59 Å². The lowest BCUT2D eigenvalue weighted by Crippen LogP contribution is -2.26. The summed E-state index contributed by atoms with van der Waals surface area (Å²) in [6.45, 7) is 8.90. The van der Waals surface area contributed by atoms with E-state index in [0.717, 1.165) is 22.1 Å². The molecule has 0 aliphatic carbocycles. The molecule has 3 rings (SSSR count). The number of benzene rings is 1. The van der Waals surface area contributed by atoms with Gasteiger partial charge in [-0.3, -0.25) is 9.59 Å². The predicted octanol–water partition coefficient (Wildman–Crippen LogP) is 3.18. The third kappa shape index (κ3) is 3.37. The van der Waals surface area contributed by atoms with Crippen molar-refractivity contribution in [1.29, 1.82) is 0 Å². The van der Waals surface area contributed by atoms with Crippen molar-refractivity contribution >= 4 is 34.0 Å². The van der Waals surface area contributed by atoms with E-state index >= 15 is 0 Å². The second-order valence-electron chi connectivity index (χ2n) is 6.35. The van der Waals surface area contributed by atoms with Gasteiger partial charge in [-0.1, -0.05) is 17.4 Å². The minimum absolute atomic E-state index is 0.0551. The molecule has 1 aliphatic rings. The average Bonchev–Trinajstić information content (AvgIpc) is 3.06. The zero-order chi connectivity index (χ0) is 18.1. The Labute approximate surface area is 151 Å². The first-order valence-electron chi connectivity index (χ1n) is 8.37. The Morgan fingerprint density at radius 1 is 1.40 bits per heavy atom. The van der Waals surface area contributed by atoms with Gasteiger partial charge in [0.1, 0.15) is 4.88 Å². The topological polar surface area (TPSA) is 74.3 Å². The number of thiazole rings is 1. The Morgan fingerprint density at radius 3 is 2.80 bits per heavy atom. The van der Waals surface area contributed by atoms with Gasteiger partial charge in [0.15, 0.2) is 5.13 Å². The minimum atomic E-state index is -0.133. The lowest BCUT2D eigenvalue weighted by Gasteiger charge is -2.19. The van der Waals surface area contributed by atoms with Crippen molar-refractivity contribution in [2.24, 2.45) is 0 Å². The third-order valence-corrected chi connectivity index (χ3v) is 4.97. The molecule has 0 saturated carbocycles. The van der Waals surface area contributed by atoms with Crippen LogP contribution in [-0.4, -0.2) is 29.4 Å². The standard InChI is InChI=1S/C18H22N4O2S/c1-5-19-16(23)12-7-6-11(4)14(8-12)22-9-13-15(17(22)24)25-18(21-13)20-10(2)3/h6-8,10H,5,9H2,1-4H3,(H,19,23)(H,20,21). The Kier molecular flexibility index (Phi) is 4.76. The molecule has 1 aromatic carbocycles. The highest BCUT2D eigenvalue weighted by Gasteiger charge is 2.33. The number of fused-ring (bicyclic) bond motifs is 1. The van der Waals surface area contributed by atoms with Crippen LogP contribution < -0.4 is 15.5 Å². The number of aromatic nitrogens is 1. The van der Waals surface area contributed by atoms with Crippen molar-refractivity contribution in [2.45, 2.75) is 40.3 Å². The molecule has 0 radical (unpaired) electrons. The van der Waals surface area contributed by atoms with Gasteiger partial charge in [0.25, 0.3) is 11.8 Å². The van der Waals surface area contributed by atoms with Crippen molar-refractivity contribution in [3.05, 3.63) is 39.9 Å². The Hall–Kier alpha value is -2.41. The maximum absolute atomic E-state index is 12.8. The van der Waals surface area contributed by atoms with Gasteiger partial charge in [0, 0.05) is 23.8 Å².